The van der Waals surface area contributed by atoms with Crippen molar-refractivity contribution in [1.82, 2.24) is 5.32 Å². The van der Waals surface area contributed by atoms with Crippen LogP contribution in [0.15, 0.2) is 42.5 Å². The normalized spacial score (nSPS) is 21.2. The molecule has 2 N–H and O–H groups in total. The van der Waals surface area contributed by atoms with Gasteiger partial charge in [0.2, 0.25) is 0 Å². The molecular weight excluding hydrogens is 270 g/mol. The lowest BCUT2D eigenvalue weighted by Gasteiger charge is -2.21. The minimum Gasteiger partial charge on any atom is -0.392 e. The maximum absolute atomic E-state index is 10.1. The van der Waals surface area contributed by atoms with Crippen LogP contribution < -0.4 is 5.32 Å². The standard InChI is InChI=1S/C20H23NO/c22-13-19-17(16-10-11-21-12-16)8-9-18(20(19)15-6-7-15)14-4-2-1-3-5-14/h1-5,8-9,15-16,21-22H,6-7,10-13H2. The molecule has 1 aliphatic heterocycles. The van der Waals surface area contributed by atoms with Gasteiger partial charge in [-0.1, -0.05) is 42.5 Å². The quantitative estimate of drug-likeness (QED) is 0.898. The maximum Gasteiger partial charge on any atom is 0.0687 e. The Hall–Kier alpha value is -1.64. The summed E-state index contributed by atoms with van der Waals surface area (Å²) >= 11 is 0. The van der Waals surface area contributed by atoms with Crippen molar-refractivity contribution in [2.45, 2.75) is 37.7 Å². The molecule has 0 aromatic heterocycles. The van der Waals surface area contributed by atoms with Crippen molar-refractivity contribution >= 4 is 0 Å². The highest BCUT2D eigenvalue weighted by molar-refractivity contribution is 5.71. The second-order valence-electron chi connectivity index (χ2n) is 6.58. The van der Waals surface area contributed by atoms with E-state index < -0.39 is 0 Å². The van der Waals surface area contributed by atoms with E-state index in [4.69, 9.17) is 0 Å². The van der Waals surface area contributed by atoms with Gasteiger partial charge in [0.05, 0.1) is 6.61 Å². The minimum atomic E-state index is 0.165. The first-order valence-corrected chi connectivity index (χ1v) is 8.41. The second-order valence-corrected chi connectivity index (χ2v) is 6.58. The Kier molecular flexibility index (Phi) is 3.73. The third-order valence-electron chi connectivity index (χ3n) is 5.12. The van der Waals surface area contributed by atoms with Crippen LogP contribution in [0, 0.1) is 0 Å². The van der Waals surface area contributed by atoms with Crippen LogP contribution in [0.5, 0.6) is 0 Å². The Bertz CT molecular complexity index is 655. The Morgan fingerprint density at radius 3 is 2.41 bits per heavy atom. The van der Waals surface area contributed by atoms with E-state index in [9.17, 15) is 5.11 Å². The number of hydrogen-bond acceptors (Lipinski definition) is 2. The second kappa shape index (κ2) is 5.86. The van der Waals surface area contributed by atoms with Crippen LogP contribution in [0.3, 0.4) is 0 Å². The molecule has 1 heterocycles. The number of aliphatic hydroxyl groups is 1. The third kappa shape index (κ3) is 2.47. The number of rotatable bonds is 4. The molecule has 0 bridgehead atoms. The van der Waals surface area contributed by atoms with Gasteiger partial charge < -0.3 is 10.4 Å². The monoisotopic (exact) mass is 293 g/mol. The number of aliphatic hydroxyl groups excluding tert-OH is 1. The van der Waals surface area contributed by atoms with E-state index in [2.05, 4.69) is 47.8 Å². The maximum atomic E-state index is 10.1. The van der Waals surface area contributed by atoms with Crippen molar-refractivity contribution in [1.29, 1.82) is 0 Å². The molecule has 2 nitrogen and oxygen atoms in total. The van der Waals surface area contributed by atoms with Crippen molar-refractivity contribution in [2.75, 3.05) is 13.1 Å². The fourth-order valence-electron chi connectivity index (χ4n) is 3.87. The molecule has 2 aliphatic rings. The number of nitrogens with one attached hydrogen (secondary N) is 1. The summed E-state index contributed by atoms with van der Waals surface area (Å²) in [6.45, 7) is 2.30. The average Bonchev–Trinajstić information content (AvgIpc) is 3.28. The molecule has 0 radical (unpaired) electrons. The van der Waals surface area contributed by atoms with Gasteiger partial charge in [-0.2, -0.15) is 0 Å². The fraction of sp³-hybridized carbons (Fsp3) is 0.400. The van der Waals surface area contributed by atoms with E-state index in [1.165, 1.54) is 47.1 Å². The Morgan fingerprint density at radius 2 is 1.77 bits per heavy atom. The first kappa shape index (κ1) is 14.0. The van der Waals surface area contributed by atoms with Gasteiger partial charge in [0.25, 0.3) is 0 Å². The van der Waals surface area contributed by atoms with E-state index in [0.29, 0.717) is 11.8 Å². The molecule has 4 rings (SSSR count). The molecule has 0 spiro atoms. The molecule has 1 unspecified atom stereocenters. The van der Waals surface area contributed by atoms with Crippen LogP contribution >= 0.6 is 0 Å². The Balaban J connectivity index is 1.86. The lowest BCUT2D eigenvalue weighted by molar-refractivity contribution is 0.278. The summed E-state index contributed by atoms with van der Waals surface area (Å²) in [5, 5.41) is 13.5. The summed E-state index contributed by atoms with van der Waals surface area (Å²) in [6, 6.07) is 15.2. The fourth-order valence-corrected chi connectivity index (χ4v) is 3.87. The van der Waals surface area contributed by atoms with E-state index >= 15 is 0 Å². The molecule has 2 aromatic carbocycles. The zero-order chi connectivity index (χ0) is 14.9. The molecule has 2 heteroatoms. The van der Waals surface area contributed by atoms with Gasteiger partial charge in [0, 0.05) is 6.54 Å². The van der Waals surface area contributed by atoms with Gasteiger partial charge in [-0.15, -0.1) is 0 Å². The Morgan fingerprint density at radius 1 is 0.955 bits per heavy atom. The first-order valence-electron chi connectivity index (χ1n) is 8.41. The SMILES string of the molecule is OCc1c(C2CCNC2)ccc(-c2ccccc2)c1C1CC1. The molecule has 114 valence electrons. The highest BCUT2D eigenvalue weighted by atomic mass is 16.3. The van der Waals surface area contributed by atoms with Crippen LogP contribution in [0.2, 0.25) is 0 Å². The molecule has 1 aliphatic carbocycles. The van der Waals surface area contributed by atoms with Crippen molar-refractivity contribution in [3.63, 3.8) is 0 Å². The lowest BCUT2D eigenvalue weighted by atomic mass is 9.84. The van der Waals surface area contributed by atoms with Crippen LogP contribution in [0.4, 0.5) is 0 Å². The van der Waals surface area contributed by atoms with E-state index in [-0.39, 0.29) is 6.61 Å². The van der Waals surface area contributed by atoms with Crippen LogP contribution in [-0.4, -0.2) is 18.2 Å². The highest BCUT2D eigenvalue weighted by Crippen LogP contribution is 2.48. The zero-order valence-electron chi connectivity index (χ0n) is 12.9. The molecule has 0 amide bonds. The molecule has 1 atom stereocenters. The lowest BCUT2D eigenvalue weighted by Crippen LogP contribution is -2.11. The number of benzene rings is 2. The summed E-state index contributed by atoms with van der Waals surface area (Å²) in [5.74, 6) is 1.20. The summed E-state index contributed by atoms with van der Waals surface area (Å²) in [6.07, 6.45) is 3.71. The van der Waals surface area contributed by atoms with Gasteiger partial charge in [-0.05, 0) is 65.5 Å². The summed E-state index contributed by atoms with van der Waals surface area (Å²) in [7, 11) is 0. The van der Waals surface area contributed by atoms with Crippen LogP contribution in [-0.2, 0) is 6.61 Å². The summed E-state index contributed by atoms with van der Waals surface area (Å²) in [4.78, 5) is 0. The smallest absolute Gasteiger partial charge is 0.0687 e. The van der Waals surface area contributed by atoms with Crippen LogP contribution in [0.1, 0.15) is 47.8 Å². The van der Waals surface area contributed by atoms with E-state index in [0.717, 1.165) is 13.1 Å². The average molecular weight is 293 g/mol. The molecule has 1 saturated heterocycles. The molecular formula is C20H23NO. The number of hydrogen-bond donors (Lipinski definition) is 2. The van der Waals surface area contributed by atoms with E-state index in [1.807, 2.05) is 0 Å². The molecule has 1 saturated carbocycles. The summed E-state index contributed by atoms with van der Waals surface area (Å²) in [5.41, 5.74) is 6.58. The topological polar surface area (TPSA) is 32.3 Å². The molecule has 22 heavy (non-hydrogen) atoms. The highest BCUT2D eigenvalue weighted by Gasteiger charge is 2.31. The van der Waals surface area contributed by atoms with Crippen molar-refractivity contribution in [3.8, 4) is 11.1 Å². The predicted octanol–water partition coefficient (Wildman–Crippen LogP) is 3.80. The van der Waals surface area contributed by atoms with Gasteiger partial charge in [0.15, 0.2) is 0 Å². The third-order valence-corrected chi connectivity index (χ3v) is 5.12. The Labute approximate surface area is 132 Å². The predicted molar refractivity (Wildman–Crippen MR) is 90.0 cm³/mol. The van der Waals surface area contributed by atoms with Gasteiger partial charge >= 0.3 is 0 Å². The molecule has 2 fully saturated rings. The van der Waals surface area contributed by atoms with Crippen LogP contribution in [0.25, 0.3) is 11.1 Å². The summed E-state index contributed by atoms with van der Waals surface area (Å²) < 4.78 is 0. The van der Waals surface area contributed by atoms with Gasteiger partial charge in [-0.3, -0.25) is 0 Å². The molecule has 2 aromatic rings. The zero-order valence-corrected chi connectivity index (χ0v) is 12.9. The van der Waals surface area contributed by atoms with Gasteiger partial charge in [0.1, 0.15) is 0 Å². The van der Waals surface area contributed by atoms with Crippen molar-refractivity contribution < 1.29 is 5.11 Å². The van der Waals surface area contributed by atoms with Crippen molar-refractivity contribution in [3.05, 3.63) is 59.2 Å². The minimum absolute atomic E-state index is 0.165. The largest absolute Gasteiger partial charge is 0.392 e. The first-order chi connectivity index (χ1) is 10.9. The van der Waals surface area contributed by atoms with E-state index in [1.54, 1.807) is 0 Å². The van der Waals surface area contributed by atoms with Crippen molar-refractivity contribution in [2.24, 2.45) is 0 Å². The van der Waals surface area contributed by atoms with Gasteiger partial charge in [-0.25, -0.2) is 0 Å².